The summed E-state index contributed by atoms with van der Waals surface area (Å²) in [6.45, 7) is 4.46. The fourth-order valence-electron chi connectivity index (χ4n) is 2.61. The number of hydrogen-bond donors (Lipinski definition) is 1. The maximum Gasteiger partial charge on any atom is 0.416 e. The highest BCUT2D eigenvalue weighted by atomic mass is 35.5. The van der Waals surface area contributed by atoms with Crippen LogP contribution in [0.3, 0.4) is 0 Å². The van der Waals surface area contributed by atoms with E-state index in [0.29, 0.717) is 31.6 Å². The minimum atomic E-state index is -4.69. The van der Waals surface area contributed by atoms with Gasteiger partial charge in [-0.1, -0.05) is 13.8 Å². The van der Waals surface area contributed by atoms with Gasteiger partial charge >= 0.3 is 6.18 Å². The molecule has 23 heavy (non-hydrogen) atoms. The Morgan fingerprint density at radius 1 is 1.30 bits per heavy atom. The van der Waals surface area contributed by atoms with Crippen molar-refractivity contribution in [3.05, 3.63) is 35.1 Å². The first kappa shape index (κ1) is 19.7. The molecule has 130 valence electrons. The van der Waals surface area contributed by atoms with Gasteiger partial charge in [-0.25, -0.2) is 4.39 Å². The molecule has 2 N–H and O–H groups in total. The summed E-state index contributed by atoms with van der Waals surface area (Å²) in [5, 5.41) is 0. The van der Waals surface area contributed by atoms with Gasteiger partial charge in [-0.3, -0.25) is 4.79 Å². The van der Waals surface area contributed by atoms with Crippen LogP contribution in [-0.4, -0.2) is 29.9 Å². The molecule has 0 radical (unpaired) electrons. The van der Waals surface area contributed by atoms with E-state index in [1.807, 2.05) is 13.8 Å². The van der Waals surface area contributed by atoms with Crippen LogP contribution in [-0.2, 0) is 6.18 Å². The average Bonchev–Trinajstić information content (AvgIpc) is 2.39. The van der Waals surface area contributed by atoms with E-state index in [0.717, 1.165) is 6.07 Å². The summed E-state index contributed by atoms with van der Waals surface area (Å²) < 4.78 is 51.6. The van der Waals surface area contributed by atoms with Crippen LogP contribution in [0.2, 0.25) is 0 Å². The molecule has 1 unspecified atom stereocenters. The summed E-state index contributed by atoms with van der Waals surface area (Å²) in [5.74, 6) is -1.68. The van der Waals surface area contributed by atoms with E-state index < -0.39 is 23.5 Å². The number of amides is 1. The molecular formula is C15H19ClF4N2O. The van der Waals surface area contributed by atoms with Crippen molar-refractivity contribution >= 4 is 18.3 Å². The number of nitrogens with two attached hydrogens (primary N) is 1. The third kappa shape index (κ3) is 4.35. The minimum Gasteiger partial charge on any atom is -0.338 e. The second-order valence-corrected chi connectivity index (χ2v) is 6.34. The lowest BCUT2D eigenvalue weighted by molar-refractivity contribution is -0.137. The van der Waals surface area contributed by atoms with Crippen molar-refractivity contribution in [2.24, 2.45) is 11.1 Å². The van der Waals surface area contributed by atoms with Gasteiger partial charge in [0.2, 0.25) is 0 Å². The molecule has 0 aromatic heterocycles. The van der Waals surface area contributed by atoms with Crippen LogP contribution < -0.4 is 5.73 Å². The zero-order valence-electron chi connectivity index (χ0n) is 12.8. The fraction of sp³-hybridized carbons (Fsp3) is 0.533. The maximum atomic E-state index is 13.4. The van der Waals surface area contributed by atoms with E-state index in [1.54, 1.807) is 0 Å². The topological polar surface area (TPSA) is 46.3 Å². The number of carbonyl (C=O) groups is 1. The normalized spacial score (nSPS) is 20.8. The standard InChI is InChI=1S/C15H18F4N2O.ClH/c1-14(2)8-21(4-3-12(14)20)13(22)9-5-10(15(17,18)19)7-11(16)6-9;/h5-7,12H,3-4,8,20H2,1-2H3;1H. The molecule has 1 aromatic rings. The molecule has 1 aromatic carbocycles. The molecule has 3 nitrogen and oxygen atoms in total. The number of rotatable bonds is 1. The summed E-state index contributed by atoms with van der Waals surface area (Å²) in [6, 6.07) is 1.81. The monoisotopic (exact) mass is 354 g/mol. The fourth-order valence-corrected chi connectivity index (χ4v) is 2.61. The minimum absolute atomic E-state index is 0. The Balaban J connectivity index is 0.00000264. The number of carbonyl (C=O) groups excluding carboxylic acids is 1. The van der Waals surface area contributed by atoms with Gasteiger partial charge < -0.3 is 10.6 Å². The highest BCUT2D eigenvalue weighted by molar-refractivity contribution is 5.94. The van der Waals surface area contributed by atoms with Crippen molar-refractivity contribution in [1.29, 1.82) is 0 Å². The molecule has 8 heteroatoms. The first-order valence-electron chi connectivity index (χ1n) is 6.93. The SMILES string of the molecule is CC1(C)CN(C(=O)c2cc(F)cc(C(F)(F)F)c2)CCC1N.Cl. The highest BCUT2D eigenvalue weighted by Crippen LogP contribution is 2.32. The second kappa shape index (κ2) is 6.65. The molecule has 0 spiro atoms. The van der Waals surface area contributed by atoms with Crippen LogP contribution in [0.4, 0.5) is 17.6 Å². The molecule has 1 aliphatic heterocycles. The molecule has 1 atom stereocenters. The Morgan fingerprint density at radius 3 is 2.43 bits per heavy atom. The summed E-state index contributed by atoms with van der Waals surface area (Å²) in [6.07, 6.45) is -4.14. The second-order valence-electron chi connectivity index (χ2n) is 6.34. The summed E-state index contributed by atoms with van der Waals surface area (Å²) in [4.78, 5) is 13.8. The van der Waals surface area contributed by atoms with E-state index in [9.17, 15) is 22.4 Å². The van der Waals surface area contributed by atoms with Gasteiger partial charge in [0, 0.05) is 24.7 Å². The molecule has 1 fully saturated rings. The zero-order chi connectivity index (χ0) is 16.7. The number of benzene rings is 1. The van der Waals surface area contributed by atoms with Crippen molar-refractivity contribution < 1.29 is 22.4 Å². The van der Waals surface area contributed by atoms with Crippen molar-refractivity contribution in [3.8, 4) is 0 Å². The van der Waals surface area contributed by atoms with Gasteiger partial charge in [-0.05, 0) is 30.0 Å². The quantitative estimate of drug-likeness (QED) is 0.785. The smallest absolute Gasteiger partial charge is 0.338 e. The number of piperidine rings is 1. The number of nitrogens with zero attached hydrogens (tertiary/aromatic N) is 1. The molecule has 1 saturated heterocycles. The van der Waals surface area contributed by atoms with Crippen molar-refractivity contribution in [3.63, 3.8) is 0 Å². The number of halogens is 5. The van der Waals surface area contributed by atoms with Gasteiger partial charge in [0.25, 0.3) is 5.91 Å². The largest absolute Gasteiger partial charge is 0.416 e. The van der Waals surface area contributed by atoms with Gasteiger partial charge in [0.15, 0.2) is 0 Å². The van der Waals surface area contributed by atoms with E-state index in [2.05, 4.69) is 0 Å². The maximum absolute atomic E-state index is 13.4. The Kier molecular flexibility index (Phi) is 5.70. The predicted octanol–water partition coefficient (Wildman–Crippen LogP) is 3.47. The van der Waals surface area contributed by atoms with E-state index in [-0.39, 0.29) is 29.4 Å². The lowest BCUT2D eigenvalue weighted by Crippen LogP contribution is -2.54. The summed E-state index contributed by atoms with van der Waals surface area (Å²) >= 11 is 0. The average molecular weight is 355 g/mol. The third-order valence-corrected chi connectivity index (χ3v) is 4.07. The van der Waals surface area contributed by atoms with Gasteiger partial charge in [0.1, 0.15) is 5.82 Å². The molecule has 1 amide bonds. The molecule has 0 bridgehead atoms. The van der Waals surface area contributed by atoms with Gasteiger partial charge in [-0.15, -0.1) is 12.4 Å². The van der Waals surface area contributed by atoms with Crippen molar-refractivity contribution in [2.45, 2.75) is 32.5 Å². The lowest BCUT2D eigenvalue weighted by Gasteiger charge is -2.42. The van der Waals surface area contributed by atoms with Crippen LogP contribution in [0.1, 0.15) is 36.2 Å². The predicted molar refractivity (Wildman–Crippen MR) is 80.9 cm³/mol. The Bertz CT molecular complexity index is 589. The first-order chi connectivity index (χ1) is 10.0. The van der Waals surface area contributed by atoms with Crippen LogP contribution >= 0.6 is 12.4 Å². The molecule has 0 saturated carbocycles. The first-order valence-corrected chi connectivity index (χ1v) is 6.93. The number of likely N-dealkylation sites (tertiary alicyclic amines) is 1. The van der Waals surface area contributed by atoms with E-state index in [1.165, 1.54) is 4.90 Å². The lowest BCUT2D eigenvalue weighted by atomic mass is 9.79. The molecule has 2 rings (SSSR count). The van der Waals surface area contributed by atoms with Crippen LogP contribution in [0.15, 0.2) is 18.2 Å². The number of alkyl halides is 3. The van der Waals surface area contributed by atoms with E-state index >= 15 is 0 Å². The Labute approximate surface area is 138 Å². The number of hydrogen-bond acceptors (Lipinski definition) is 2. The Morgan fingerprint density at radius 2 is 1.91 bits per heavy atom. The molecule has 1 aliphatic rings. The Hall–Kier alpha value is -1.34. The van der Waals surface area contributed by atoms with Gasteiger partial charge in [-0.2, -0.15) is 13.2 Å². The molecule has 0 aliphatic carbocycles. The van der Waals surface area contributed by atoms with Crippen LogP contribution in [0.25, 0.3) is 0 Å². The summed E-state index contributed by atoms with van der Waals surface area (Å²) in [7, 11) is 0. The van der Waals surface area contributed by atoms with Crippen molar-refractivity contribution in [1.82, 2.24) is 4.90 Å². The van der Waals surface area contributed by atoms with Crippen LogP contribution in [0, 0.1) is 11.2 Å². The van der Waals surface area contributed by atoms with Crippen LogP contribution in [0.5, 0.6) is 0 Å². The summed E-state index contributed by atoms with van der Waals surface area (Å²) in [5.41, 5.74) is 4.18. The third-order valence-electron chi connectivity index (χ3n) is 4.07. The van der Waals surface area contributed by atoms with Gasteiger partial charge in [0.05, 0.1) is 5.56 Å². The highest BCUT2D eigenvalue weighted by Gasteiger charge is 2.37. The van der Waals surface area contributed by atoms with Crippen molar-refractivity contribution in [2.75, 3.05) is 13.1 Å². The molecular weight excluding hydrogens is 336 g/mol. The zero-order valence-corrected chi connectivity index (χ0v) is 13.6. The van der Waals surface area contributed by atoms with E-state index in [4.69, 9.17) is 5.73 Å². The molecule has 1 heterocycles.